The van der Waals surface area contributed by atoms with Crippen LogP contribution in [-0.4, -0.2) is 32.8 Å². The van der Waals surface area contributed by atoms with Crippen LogP contribution >= 0.6 is 0 Å². The standard InChI is InChI=1S/C15H22N6/c1-11-13(12(2)20(3)19-11)9-16-14-8-15(18-10-17-14)21-6-4-5-7-21/h8,10H,4-7,9H2,1-3H3,(H,16,17,18). The summed E-state index contributed by atoms with van der Waals surface area (Å²) in [7, 11) is 1.97. The second-order valence-electron chi connectivity index (χ2n) is 5.58. The van der Waals surface area contributed by atoms with Crippen molar-refractivity contribution < 1.29 is 0 Å². The normalized spacial score (nSPS) is 14.7. The highest BCUT2D eigenvalue weighted by molar-refractivity contribution is 5.49. The van der Waals surface area contributed by atoms with Crippen LogP contribution in [0.4, 0.5) is 11.6 Å². The van der Waals surface area contributed by atoms with E-state index in [1.165, 1.54) is 24.1 Å². The van der Waals surface area contributed by atoms with Gasteiger partial charge in [0.15, 0.2) is 0 Å². The van der Waals surface area contributed by atoms with Gasteiger partial charge in [0.25, 0.3) is 0 Å². The Morgan fingerprint density at radius 2 is 1.95 bits per heavy atom. The zero-order valence-electron chi connectivity index (χ0n) is 12.9. The van der Waals surface area contributed by atoms with Crippen molar-refractivity contribution in [3.63, 3.8) is 0 Å². The molecule has 0 aliphatic carbocycles. The molecule has 6 nitrogen and oxygen atoms in total. The third-order valence-corrected chi connectivity index (χ3v) is 4.19. The summed E-state index contributed by atoms with van der Waals surface area (Å²) in [4.78, 5) is 11.0. The monoisotopic (exact) mass is 286 g/mol. The molecule has 1 aliphatic heterocycles. The molecule has 1 fully saturated rings. The largest absolute Gasteiger partial charge is 0.366 e. The molecule has 6 heteroatoms. The van der Waals surface area contributed by atoms with Crippen molar-refractivity contribution in [2.75, 3.05) is 23.3 Å². The predicted molar refractivity (Wildman–Crippen MR) is 83.5 cm³/mol. The number of aromatic nitrogens is 4. The summed E-state index contributed by atoms with van der Waals surface area (Å²) in [6.07, 6.45) is 4.14. The smallest absolute Gasteiger partial charge is 0.134 e. The molecule has 0 bridgehead atoms. The minimum Gasteiger partial charge on any atom is -0.366 e. The van der Waals surface area contributed by atoms with Gasteiger partial charge in [-0.3, -0.25) is 4.68 Å². The van der Waals surface area contributed by atoms with Gasteiger partial charge < -0.3 is 10.2 Å². The molecule has 0 spiro atoms. The first-order valence-corrected chi connectivity index (χ1v) is 7.45. The van der Waals surface area contributed by atoms with Crippen molar-refractivity contribution in [3.8, 4) is 0 Å². The van der Waals surface area contributed by atoms with Crippen molar-refractivity contribution in [2.24, 2.45) is 7.05 Å². The number of hydrogen-bond donors (Lipinski definition) is 1. The van der Waals surface area contributed by atoms with Crippen molar-refractivity contribution >= 4 is 11.6 Å². The summed E-state index contributed by atoms with van der Waals surface area (Å²) in [5, 5.41) is 7.83. The molecule has 0 atom stereocenters. The molecular weight excluding hydrogens is 264 g/mol. The van der Waals surface area contributed by atoms with E-state index in [2.05, 4.69) is 32.2 Å². The number of rotatable bonds is 4. The van der Waals surface area contributed by atoms with Crippen molar-refractivity contribution in [1.29, 1.82) is 0 Å². The van der Waals surface area contributed by atoms with E-state index in [-0.39, 0.29) is 0 Å². The highest BCUT2D eigenvalue weighted by atomic mass is 15.3. The average molecular weight is 286 g/mol. The Balaban J connectivity index is 1.71. The second-order valence-corrected chi connectivity index (χ2v) is 5.58. The van der Waals surface area contributed by atoms with E-state index < -0.39 is 0 Å². The molecule has 3 heterocycles. The third kappa shape index (κ3) is 2.84. The van der Waals surface area contributed by atoms with Gasteiger partial charge >= 0.3 is 0 Å². The van der Waals surface area contributed by atoms with Gasteiger partial charge in [-0.2, -0.15) is 5.10 Å². The van der Waals surface area contributed by atoms with Crippen LogP contribution in [0.1, 0.15) is 29.8 Å². The molecule has 1 saturated heterocycles. The van der Waals surface area contributed by atoms with Gasteiger partial charge in [0.05, 0.1) is 5.69 Å². The van der Waals surface area contributed by atoms with Gasteiger partial charge in [-0.1, -0.05) is 0 Å². The maximum Gasteiger partial charge on any atom is 0.134 e. The Hall–Kier alpha value is -2.11. The number of nitrogens with one attached hydrogen (secondary N) is 1. The molecule has 1 aliphatic rings. The minimum absolute atomic E-state index is 0.738. The summed E-state index contributed by atoms with van der Waals surface area (Å²) >= 11 is 0. The van der Waals surface area contributed by atoms with E-state index in [0.29, 0.717) is 0 Å². The fourth-order valence-corrected chi connectivity index (χ4v) is 2.82. The lowest BCUT2D eigenvalue weighted by atomic mass is 10.2. The topological polar surface area (TPSA) is 58.9 Å². The van der Waals surface area contributed by atoms with E-state index >= 15 is 0 Å². The lowest BCUT2D eigenvalue weighted by Crippen LogP contribution is -2.19. The fourth-order valence-electron chi connectivity index (χ4n) is 2.82. The van der Waals surface area contributed by atoms with Crippen LogP contribution in [0.5, 0.6) is 0 Å². The SMILES string of the molecule is Cc1nn(C)c(C)c1CNc1cc(N2CCCC2)ncn1. The summed E-state index contributed by atoms with van der Waals surface area (Å²) in [5.74, 6) is 1.89. The molecule has 0 aromatic carbocycles. The first kappa shape index (κ1) is 13.9. The van der Waals surface area contributed by atoms with Crippen LogP contribution in [-0.2, 0) is 13.6 Å². The minimum atomic E-state index is 0.738. The van der Waals surface area contributed by atoms with Crippen LogP contribution < -0.4 is 10.2 Å². The lowest BCUT2D eigenvalue weighted by Gasteiger charge is -2.16. The van der Waals surface area contributed by atoms with Gasteiger partial charge in [-0.25, -0.2) is 9.97 Å². The lowest BCUT2D eigenvalue weighted by molar-refractivity contribution is 0.730. The number of nitrogens with zero attached hydrogens (tertiary/aromatic N) is 5. The zero-order chi connectivity index (χ0) is 14.8. The van der Waals surface area contributed by atoms with E-state index in [1.807, 2.05) is 24.7 Å². The van der Waals surface area contributed by atoms with Gasteiger partial charge in [-0.15, -0.1) is 0 Å². The summed E-state index contributed by atoms with van der Waals surface area (Å²) in [6, 6.07) is 2.03. The Morgan fingerprint density at radius 1 is 1.19 bits per heavy atom. The molecule has 1 N–H and O–H groups in total. The summed E-state index contributed by atoms with van der Waals surface area (Å²) in [5.41, 5.74) is 3.49. The molecular formula is C15H22N6. The maximum absolute atomic E-state index is 4.44. The van der Waals surface area contributed by atoms with Crippen molar-refractivity contribution in [3.05, 3.63) is 29.3 Å². The van der Waals surface area contributed by atoms with Crippen LogP contribution in [0.25, 0.3) is 0 Å². The third-order valence-electron chi connectivity index (χ3n) is 4.19. The second kappa shape index (κ2) is 5.71. The predicted octanol–water partition coefficient (Wildman–Crippen LogP) is 2.04. The Kier molecular flexibility index (Phi) is 3.77. The molecule has 3 rings (SSSR count). The van der Waals surface area contributed by atoms with Crippen LogP contribution in [0.3, 0.4) is 0 Å². The number of hydrogen-bond acceptors (Lipinski definition) is 5. The molecule has 21 heavy (non-hydrogen) atoms. The zero-order valence-corrected chi connectivity index (χ0v) is 12.9. The van der Waals surface area contributed by atoms with Gasteiger partial charge in [-0.05, 0) is 26.7 Å². The summed E-state index contributed by atoms with van der Waals surface area (Å²) < 4.78 is 1.92. The molecule has 2 aromatic rings. The van der Waals surface area contributed by atoms with E-state index in [9.17, 15) is 0 Å². The van der Waals surface area contributed by atoms with Crippen LogP contribution in [0.15, 0.2) is 12.4 Å². The van der Waals surface area contributed by atoms with E-state index in [4.69, 9.17) is 0 Å². The van der Waals surface area contributed by atoms with Crippen LogP contribution in [0.2, 0.25) is 0 Å². The molecule has 2 aromatic heterocycles. The van der Waals surface area contributed by atoms with Gasteiger partial charge in [0.1, 0.15) is 18.0 Å². The Labute approximate surface area is 125 Å². The highest BCUT2D eigenvalue weighted by Crippen LogP contribution is 2.20. The summed E-state index contributed by atoms with van der Waals surface area (Å²) in [6.45, 7) is 7.06. The Bertz CT molecular complexity index is 627. The van der Waals surface area contributed by atoms with Crippen LogP contribution in [0, 0.1) is 13.8 Å². The van der Waals surface area contributed by atoms with Gasteiger partial charge in [0, 0.05) is 44.0 Å². The van der Waals surface area contributed by atoms with Crippen molar-refractivity contribution in [1.82, 2.24) is 19.7 Å². The quantitative estimate of drug-likeness (QED) is 0.932. The van der Waals surface area contributed by atoms with E-state index in [0.717, 1.165) is 37.0 Å². The molecule has 0 saturated carbocycles. The molecule has 0 amide bonds. The average Bonchev–Trinajstić information content (AvgIpc) is 3.08. The number of anilines is 2. The molecule has 0 unspecified atom stereocenters. The van der Waals surface area contributed by atoms with E-state index in [1.54, 1.807) is 6.33 Å². The van der Waals surface area contributed by atoms with Crippen molar-refractivity contribution in [2.45, 2.75) is 33.2 Å². The molecule has 112 valence electrons. The first-order chi connectivity index (χ1) is 10.1. The molecule has 0 radical (unpaired) electrons. The maximum atomic E-state index is 4.44. The Morgan fingerprint density at radius 3 is 2.62 bits per heavy atom. The fraction of sp³-hybridized carbons (Fsp3) is 0.533. The first-order valence-electron chi connectivity index (χ1n) is 7.45. The van der Waals surface area contributed by atoms with Gasteiger partial charge in [0.2, 0.25) is 0 Å². The highest BCUT2D eigenvalue weighted by Gasteiger charge is 2.14. The number of aryl methyl sites for hydroxylation is 2.